The second kappa shape index (κ2) is 60.3. The van der Waals surface area contributed by atoms with Gasteiger partial charge in [0.15, 0.2) is 6.10 Å². The molecule has 2 N–H and O–H groups in total. The van der Waals surface area contributed by atoms with Crippen molar-refractivity contribution in [3.8, 4) is 0 Å². The maximum Gasteiger partial charge on any atom is 0.472 e. The molecule has 0 amide bonds. The van der Waals surface area contributed by atoms with Crippen molar-refractivity contribution in [2.75, 3.05) is 26.4 Å². The number of aliphatic hydroxyl groups excluding tert-OH is 1. The van der Waals surface area contributed by atoms with Crippen molar-refractivity contribution >= 4 is 25.7 Å². The minimum absolute atomic E-state index is 0.156. The Morgan fingerprint density at radius 3 is 1.05 bits per heavy atom. The first-order valence-corrected chi connectivity index (χ1v) is 33.7. The number of rotatable bonds is 60. The molecule has 78 heavy (non-hydrogen) atoms. The molecule has 0 heterocycles. The average Bonchev–Trinajstić information content (AvgIpc) is 3.43. The number of carbonyl (C=O) groups is 3. The number of allylic oxidation sites excluding steroid dienone is 10. The standard InChI is InChI=1S/C66H119O11P/c1-4-7-10-13-16-19-22-25-28-30-31-33-35-37-40-43-46-49-52-55-64(68)73-59-63(77-66(70)57-54-51-48-45-42-39-36-32-29-26-23-20-17-14-11-8-5-2)61-75-78(71,72)74-60-62(58-67)76-65(69)56-53-50-47-44-41-38-34-27-24-21-18-15-12-9-6-3/h8,11,16-17,19-20,25-26,28-29,62-63,67H,4-7,9-10,12-15,18,21-24,27,30-61H2,1-3H3,(H,71,72)/b11-8-,19-16-,20-17-,28-25-,29-26-. The maximum absolute atomic E-state index is 12.9. The number of hydrogen-bond donors (Lipinski definition) is 2. The molecule has 0 aromatic heterocycles. The second-order valence-corrected chi connectivity index (χ2v) is 23.0. The van der Waals surface area contributed by atoms with Gasteiger partial charge >= 0.3 is 25.7 Å². The number of phosphoric ester groups is 1. The van der Waals surface area contributed by atoms with Crippen molar-refractivity contribution in [1.29, 1.82) is 0 Å². The fourth-order valence-electron chi connectivity index (χ4n) is 9.05. The van der Waals surface area contributed by atoms with Gasteiger partial charge in [-0.05, 0) is 83.5 Å². The van der Waals surface area contributed by atoms with Crippen LogP contribution >= 0.6 is 7.82 Å². The van der Waals surface area contributed by atoms with Gasteiger partial charge in [0.1, 0.15) is 12.7 Å². The van der Waals surface area contributed by atoms with Gasteiger partial charge in [-0.3, -0.25) is 23.4 Å². The van der Waals surface area contributed by atoms with E-state index in [4.69, 9.17) is 23.3 Å². The number of esters is 3. The summed E-state index contributed by atoms with van der Waals surface area (Å²) in [4.78, 5) is 48.7. The van der Waals surface area contributed by atoms with E-state index < -0.39 is 57.8 Å². The fourth-order valence-corrected chi connectivity index (χ4v) is 9.83. The topological polar surface area (TPSA) is 155 Å². The van der Waals surface area contributed by atoms with Crippen LogP contribution in [-0.4, -0.2) is 66.5 Å². The third-order valence-electron chi connectivity index (χ3n) is 13.9. The van der Waals surface area contributed by atoms with Crippen LogP contribution in [-0.2, 0) is 42.2 Å². The Hall–Kier alpha value is -2.82. The molecule has 0 spiro atoms. The summed E-state index contributed by atoms with van der Waals surface area (Å²) in [6.45, 7) is 4.55. The molecule has 12 heteroatoms. The zero-order valence-electron chi connectivity index (χ0n) is 50.4. The molecule has 3 atom stereocenters. The monoisotopic (exact) mass is 1120 g/mol. The van der Waals surface area contributed by atoms with Crippen LogP contribution in [0.1, 0.15) is 303 Å². The summed E-state index contributed by atoms with van der Waals surface area (Å²) in [6.07, 6.45) is 67.4. The lowest BCUT2D eigenvalue weighted by Crippen LogP contribution is -2.30. The van der Waals surface area contributed by atoms with E-state index in [1.54, 1.807) is 0 Å². The minimum Gasteiger partial charge on any atom is -0.462 e. The van der Waals surface area contributed by atoms with Gasteiger partial charge in [0.25, 0.3) is 0 Å². The van der Waals surface area contributed by atoms with Crippen LogP contribution in [0, 0.1) is 0 Å². The predicted molar refractivity (Wildman–Crippen MR) is 325 cm³/mol. The largest absolute Gasteiger partial charge is 0.472 e. The number of aliphatic hydroxyl groups is 1. The number of carbonyl (C=O) groups excluding carboxylic acids is 3. The lowest BCUT2D eigenvalue weighted by Gasteiger charge is -2.21. The molecule has 0 bridgehead atoms. The van der Waals surface area contributed by atoms with E-state index in [9.17, 15) is 28.9 Å². The van der Waals surface area contributed by atoms with Gasteiger partial charge in [-0.1, -0.05) is 261 Å². The van der Waals surface area contributed by atoms with Gasteiger partial charge in [0, 0.05) is 19.3 Å². The van der Waals surface area contributed by atoms with Crippen molar-refractivity contribution in [2.24, 2.45) is 0 Å². The van der Waals surface area contributed by atoms with Gasteiger partial charge in [-0.25, -0.2) is 4.57 Å². The highest BCUT2D eigenvalue weighted by molar-refractivity contribution is 7.47. The van der Waals surface area contributed by atoms with Crippen LogP contribution in [0.4, 0.5) is 0 Å². The summed E-state index contributed by atoms with van der Waals surface area (Å²) in [5, 5.41) is 9.85. The highest BCUT2D eigenvalue weighted by Crippen LogP contribution is 2.43. The second-order valence-electron chi connectivity index (χ2n) is 21.6. The molecule has 0 radical (unpaired) electrons. The fraction of sp³-hybridized carbons (Fsp3) is 0.803. The Kier molecular flexibility index (Phi) is 58.1. The molecule has 11 nitrogen and oxygen atoms in total. The first kappa shape index (κ1) is 75.2. The molecular formula is C66H119O11P. The Balaban J connectivity index is 4.69. The maximum atomic E-state index is 12.9. The molecule has 0 aliphatic heterocycles. The molecule has 0 saturated carbocycles. The van der Waals surface area contributed by atoms with Crippen LogP contribution in [0.5, 0.6) is 0 Å². The third kappa shape index (κ3) is 57.9. The smallest absolute Gasteiger partial charge is 0.462 e. The third-order valence-corrected chi connectivity index (χ3v) is 14.9. The first-order valence-electron chi connectivity index (χ1n) is 32.2. The summed E-state index contributed by atoms with van der Waals surface area (Å²) < 4.78 is 39.7. The summed E-state index contributed by atoms with van der Waals surface area (Å²) in [5.74, 6) is -1.46. The van der Waals surface area contributed by atoms with Crippen LogP contribution in [0.3, 0.4) is 0 Å². The average molecular weight is 1120 g/mol. The minimum atomic E-state index is -4.75. The molecule has 0 aromatic rings. The molecule has 0 aliphatic rings. The Morgan fingerprint density at radius 1 is 0.372 bits per heavy atom. The summed E-state index contributed by atoms with van der Waals surface area (Å²) >= 11 is 0. The Labute approximate surface area is 478 Å². The van der Waals surface area contributed by atoms with Crippen LogP contribution in [0.2, 0.25) is 0 Å². The van der Waals surface area contributed by atoms with E-state index in [0.717, 1.165) is 109 Å². The molecule has 0 rings (SSSR count). The molecule has 0 saturated heterocycles. The molecule has 0 aliphatic carbocycles. The first-order chi connectivity index (χ1) is 38.2. The molecule has 0 aromatic carbocycles. The van der Waals surface area contributed by atoms with Crippen molar-refractivity contribution in [1.82, 2.24) is 0 Å². The molecular weight excluding hydrogens is 1000 g/mol. The highest BCUT2D eigenvalue weighted by atomic mass is 31.2. The van der Waals surface area contributed by atoms with Crippen LogP contribution < -0.4 is 0 Å². The number of ether oxygens (including phenoxy) is 3. The van der Waals surface area contributed by atoms with E-state index in [-0.39, 0.29) is 25.9 Å². The van der Waals surface area contributed by atoms with E-state index >= 15 is 0 Å². The highest BCUT2D eigenvalue weighted by Gasteiger charge is 2.28. The normalized spacial score (nSPS) is 13.7. The number of hydrogen-bond acceptors (Lipinski definition) is 10. The summed E-state index contributed by atoms with van der Waals surface area (Å²) in [6, 6.07) is 0. The van der Waals surface area contributed by atoms with E-state index in [2.05, 4.69) is 81.5 Å². The lowest BCUT2D eigenvalue weighted by molar-refractivity contribution is -0.161. The van der Waals surface area contributed by atoms with Crippen molar-refractivity contribution < 1.29 is 52.2 Å². The van der Waals surface area contributed by atoms with E-state index in [1.165, 1.54) is 135 Å². The summed E-state index contributed by atoms with van der Waals surface area (Å²) in [5.41, 5.74) is 0. The van der Waals surface area contributed by atoms with Crippen molar-refractivity contribution in [2.45, 2.75) is 315 Å². The van der Waals surface area contributed by atoms with Gasteiger partial charge in [-0.15, -0.1) is 0 Å². The quantitative estimate of drug-likeness (QED) is 0.0197. The van der Waals surface area contributed by atoms with Crippen LogP contribution in [0.15, 0.2) is 60.8 Å². The van der Waals surface area contributed by atoms with Gasteiger partial charge < -0.3 is 24.2 Å². The predicted octanol–water partition coefficient (Wildman–Crippen LogP) is 19.5. The van der Waals surface area contributed by atoms with Gasteiger partial charge in [0.2, 0.25) is 0 Å². The Bertz CT molecular complexity index is 1540. The lowest BCUT2D eigenvalue weighted by atomic mass is 10.0. The SMILES string of the molecule is CC/C=C\C/C=C\C/C=C\CCCCCCCCCC(=O)OC(COC(=O)CCCCCCCCCCC/C=C\C/C=C\CCCCC)COP(=O)(O)OCC(CO)OC(=O)CCCCCCCCCCCCCCCCC. The number of phosphoric acid groups is 1. The van der Waals surface area contributed by atoms with Crippen molar-refractivity contribution in [3.63, 3.8) is 0 Å². The summed E-state index contributed by atoms with van der Waals surface area (Å²) in [7, 11) is -4.75. The van der Waals surface area contributed by atoms with E-state index in [0.29, 0.717) is 19.3 Å². The van der Waals surface area contributed by atoms with Gasteiger partial charge in [0.05, 0.1) is 19.8 Å². The molecule has 454 valence electrons. The molecule has 0 fully saturated rings. The molecule has 3 unspecified atom stereocenters. The van der Waals surface area contributed by atoms with E-state index in [1.807, 2.05) is 0 Å². The van der Waals surface area contributed by atoms with Crippen molar-refractivity contribution in [3.05, 3.63) is 60.8 Å². The zero-order chi connectivity index (χ0) is 56.9. The Morgan fingerprint density at radius 2 is 0.667 bits per heavy atom. The zero-order valence-corrected chi connectivity index (χ0v) is 51.3. The number of unbranched alkanes of at least 4 members (excludes halogenated alkanes) is 33. The van der Waals surface area contributed by atoms with Crippen LogP contribution in [0.25, 0.3) is 0 Å². The van der Waals surface area contributed by atoms with Gasteiger partial charge in [-0.2, -0.15) is 0 Å².